The van der Waals surface area contributed by atoms with E-state index in [0.29, 0.717) is 27.4 Å². The minimum absolute atomic E-state index is 0.218. The molecule has 1 aromatic heterocycles. The Morgan fingerprint density at radius 1 is 0.925 bits per heavy atom. The third kappa shape index (κ3) is 6.20. The van der Waals surface area contributed by atoms with E-state index in [2.05, 4.69) is 15.8 Å². The minimum atomic E-state index is -1.00. The number of hydrazone groups is 1. The van der Waals surface area contributed by atoms with Gasteiger partial charge in [0, 0.05) is 10.4 Å². The summed E-state index contributed by atoms with van der Waals surface area (Å²) in [6.45, 7) is 3.45. The molecule has 4 rings (SSSR count). The molecular formula is C29H29N3O7S. The SMILES string of the molecule is COC(=O)c1c(NC(=O)C(=O)N/N=C(\C)c2ccc(OC(=O)c3ccccc3C)c(OC)c2)sc2c1CCCC2. The summed E-state index contributed by atoms with van der Waals surface area (Å²) in [5, 5.41) is 6.85. The van der Waals surface area contributed by atoms with Crippen LogP contribution in [0.3, 0.4) is 0 Å². The van der Waals surface area contributed by atoms with Crippen LogP contribution in [0.1, 0.15) is 62.0 Å². The van der Waals surface area contributed by atoms with E-state index in [1.54, 1.807) is 37.3 Å². The second-order valence-electron chi connectivity index (χ2n) is 9.07. The first kappa shape index (κ1) is 28.5. The lowest BCUT2D eigenvalue weighted by atomic mass is 9.95. The number of anilines is 1. The first-order valence-corrected chi connectivity index (χ1v) is 13.4. The lowest BCUT2D eigenvalue weighted by Crippen LogP contribution is -2.33. The second-order valence-corrected chi connectivity index (χ2v) is 10.2. The number of esters is 2. The van der Waals surface area contributed by atoms with Crippen molar-refractivity contribution in [1.29, 1.82) is 0 Å². The smallest absolute Gasteiger partial charge is 0.343 e. The maximum absolute atomic E-state index is 12.6. The van der Waals surface area contributed by atoms with Gasteiger partial charge in [0.15, 0.2) is 11.5 Å². The van der Waals surface area contributed by atoms with Crippen molar-refractivity contribution in [2.24, 2.45) is 5.10 Å². The summed E-state index contributed by atoms with van der Waals surface area (Å²) >= 11 is 1.28. The Morgan fingerprint density at radius 3 is 2.40 bits per heavy atom. The molecule has 0 fully saturated rings. The fourth-order valence-electron chi connectivity index (χ4n) is 4.32. The van der Waals surface area contributed by atoms with Gasteiger partial charge in [0.25, 0.3) is 0 Å². The molecule has 2 N–H and O–H groups in total. The number of nitrogens with one attached hydrogen (secondary N) is 2. The van der Waals surface area contributed by atoms with Crippen LogP contribution in [-0.2, 0) is 27.2 Å². The number of aryl methyl sites for hydroxylation is 2. The van der Waals surface area contributed by atoms with Gasteiger partial charge in [-0.3, -0.25) is 9.59 Å². The molecule has 10 nitrogen and oxygen atoms in total. The van der Waals surface area contributed by atoms with Crippen LogP contribution in [0.2, 0.25) is 0 Å². The van der Waals surface area contributed by atoms with Gasteiger partial charge < -0.3 is 19.5 Å². The first-order valence-electron chi connectivity index (χ1n) is 12.6. The Hall–Kier alpha value is -4.51. The van der Waals surface area contributed by atoms with E-state index in [4.69, 9.17) is 14.2 Å². The molecule has 0 bridgehead atoms. The number of methoxy groups -OCH3 is 2. The summed E-state index contributed by atoms with van der Waals surface area (Å²) in [6, 6.07) is 11.9. The van der Waals surface area contributed by atoms with Crippen molar-refractivity contribution in [2.45, 2.75) is 39.5 Å². The fourth-order valence-corrected chi connectivity index (χ4v) is 5.59. The molecule has 208 valence electrons. The van der Waals surface area contributed by atoms with E-state index in [-0.39, 0.29) is 11.5 Å². The fraction of sp³-hybridized carbons (Fsp3) is 0.276. The number of ether oxygens (including phenoxy) is 3. The summed E-state index contributed by atoms with van der Waals surface area (Å²) in [7, 11) is 2.72. The molecule has 0 saturated carbocycles. The van der Waals surface area contributed by atoms with Gasteiger partial charge in [-0.1, -0.05) is 18.2 Å². The molecule has 40 heavy (non-hydrogen) atoms. The maximum atomic E-state index is 12.6. The minimum Gasteiger partial charge on any atom is -0.493 e. The van der Waals surface area contributed by atoms with Crippen molar-refractivity contribution in [1.82, 2.24) is 5.43 Å². The van der Waals surface area contributed by atoms with Crippen LogP contribution in [0.15, 0.2) is 47.6 Å². The highest BCUT2D eigenvalue weighted by Crippen LogP contribution is 2.38. The number of fused-ring (bicyclic) bond motifs is 1. The Labute approximate surface area is 235 Å². The standard InChI is InChI=1S/C29H29N3O7S/c1-16-9-5-6-10-19(16)28(35)39-21-14-13-18(15-22(21)37-3)17(2)31-32-26(34)25(33)30-27-24(29(36)38-4)20-11-7-8-12-23(20)40-27/h5-6,9-10,13-15H,7-8,11-12H2,1-4H3,(H,30,33)(H,32,34)/b31-17+. The van der Waals surface area contributed by atoms with E-state index >= 15 is 0 Å². The lowest BCUT2D eigenvalue weighted by molar-refractivity contribution is -0.136. The molecule has 0 unspecified atom stereocenters. The third-order valence-electron chi connectivity index (χ3n) is 6.47. The average Bonchev–Trinajstić information content (AvgIpc) is 3.33. The van der Waals surface area contributed by atoms with Crippen LogP contribution < -0.4 is 20.2 Å². The Morgan fingerprint density at radius 2 is 1.68 bits per heavy atom. The van der Waals surface area contributed by atoms with Gasteiger partial charge in [0.2, 0.25) is 0 Å². The monoisotopic (exact) mass is 563 g/mol. The van der Waals surface area contributed by atoms with Gasteiger partial charge >= 0.3 is 23.8 Å². The largest absolute Gasteiger partial charge is 0.493 e. The molecular weight excluding hydrogens is 534 g/mol. The van der Waals surface area contributed by atoms with Crippen molar-refractivity contribution < 1.29 is 33.4 Å². The molecule has 1 heterocycles. The molecule has 1 aliphatic carbocycles. The number of carbonyl (C=O) groups excluding carboxylic acids is 4. The molecule has 11 heteroatoms. The van der Waals surface area contributed by atoms with Crippen LogP contribution in [0.4, 0.5) is 5.00 Å². The summed E-state index contributed by atoms with van der Waals surface area (Å²) in [5.41, 5.74) is 5.57. The highest BCUT2D eigenvalue weighted by molar-refractivity contribution is 7.17. The van der Waals surface area contributed by atoms with Crippen molar-refractivity contribution in [3.05, 3.63) is 75.2 Å². The van der Waals surface area contributed by atoms with Crippen LogP contribution in [-0.4, -0.2) is 43.7 Å². The first-order chi connectivity index (χ1) is 19.2. The predicted octanol–water partition coefficient (Wildman–Crippen LogP) is 4.43. The van der Waals surface area contributed by atoms with E-state index in [1.807, 2.05) is 19.1 Å². The molecule has 0 saturated heterocycles. The third-order valence-corrected chi connectivity index (χ3v) is 7.68. The van der Waals surface area contributed by atoms with Gasteiger partial charge in [-0.25, -0.2) is 15.0 Å². The maximum Gasteiger partial charge on any atom is 0.343 e. The van der Waals surface area contributed by atoms with E-state index in [9.17, 15) is 19.2 Å². The number of benzene rings is 2. The van der Waals surface area contributed by atoms with Gasteiger partial charge in [-0.05, 0) is 74.9 Å². The van der Waals surface area contributed by atoms with Gasteiger partial charge in [-0.15, -0.1) is 11.3 Å². The number of carbonyl (C=O) groups is 4. The number of amides is 2. The zero-order valence-corrected chi connectivity index (χ0v) is 23.4. The van der Waals surface area contributed by atoms with Crippen molar-refractivity contribution in [3.8, 4) is 11.5 Å². The quantitative estimate of drug-likeness (QED) is 0.143. The van der Waals surface area contributed by atoms with Crippen LogP contribution in [0.5, 0.6) is 11.5 Å². The molecule has 3 aromatic rings. The normalized spacial score (nSPS) is 12.7. The average molecular weight is 564 g/mol. The Kier molecular flexibility index (Phi) is 8.95. The highest BCUT2D eigenvalue weighted by atomic mass is 32.1. The van der Waals surface area contributed by atoms with Gasteiger partial charge in [-0.2, -0.15) is 5.10 Å². The van der Waals surface area contributed by atoms with E-state index < -0.39 is 23.8 Å². The topological polar surface area (TPSA) is 132 Å². The summed E-state index contributed by atoms with van der Waals surface area (Å²) in [6.07, 6.45) is 3.46. The number of rotatable bonds is 7. The zero-order valence-electron chi connectivity index (χ0n) is 22.6. The van der Waals surface area contributed by atoms with E-state index in [1.165, 1.54) is 25.6 Å². The lowest BCUT2D eigenvalue weighted by Gasteiger charge is -2.12. The van der Waals surface area contributed by atoms with Crippen molar-refractivity contribution >= 4 is 45.8 Å². The van der Waals surface area contributed by atoms with Crippen LogP contribution in [0, 0.1) is 6.92 Å². The molecule has 0 spiro atoms. The number of thiophene rings is 1. The Bertz CT molecular complexity index is 1510. The van der Waals surface area contributed by atoms with Crippen molar-refractivity contribution in [3.63, 3.8) is 0 Å². The zero-order chi connectivity index (χ0) is 28.8. The van der Waals surface area contributed by atoms with Gasteiger partial charge in [0.1, 0.15) is 5.00 Å². The number of hydrogen-bond donors (Lipinski definition) is 2. The van der Waals surface area contributed by atoms with Crippen LogP contribution >= 0.6 is 11.3 Å². The molecule has 2 amide bonds. The predicted molar refractivity (Wildman–Crippen MR) is 150 cm³/mol. The Balaban J connectivity index is 1.44. The number of hydrogen-bond acceptors (Lipinski definition) is 9. The molecule has 0 atom stereocenters. The summed E-state index contributed by atoms with van der Waals surface area (Å²) < 4.78 is 15.8. The highest BCUT2D eigenvalue weighted by Gasteiger charge is 2.28. The molecule has 0 radical (unpaired) electrons. The summed E-state index contributed by atoms with van der Waals surface area (Å²) in [4.78, 5) is 51.1. The van der Waals surface area contributed by atoms with Crippen molar-refractivity contribution in [2.75, 3.05) is 19.5 Å². The molecule has 2 aromatic carbocycles. The van der Waals surface area contributed by atoms with E-state index in [0.717, 1.165) is 41.7 Å². The van der Waals surface area contributed by atoms with Gasteiger partial charge in [0.05, 0.1) is 31.1 Å². The number of nitrogens with zero attached hydrogens (tertiary/aromatic N) is 1. The summed E-state index contributed by atoms with van der Waals surface area (Å²) in [5.74, 6) is -2.53. The molecule has 0 aliphatic heterocycles. The molecule has 1 aliphatic rings. The van der Waals surface area contributed by atoms with Crippen LogP contribution in [0.25, 0.3) is 0 Å². The second kappa shape index (κ2) is 12.6.